The van der Waals surface area contributed by atoms with Gasteiger partial charge >= 0.3 is 0 Å². The summed E-state index contributed by atoms with van der Waals surface area (Å²) in [7, 11) is 1.67. The molecule has 428 valence electrons. The van der Waals surface area contributed by atoms with E-state index in [0.29, 0.717) is 31.6 Å². The number of nitrogens with zero attached hydrogens (tertiary/aromatic N) is 14. The molecule has 21 nitrogen and oxygen atoms in total. The molecule has 0 radical (unpaired) electrons. The minimum atomic E-state index is 0.468. The molecular formula is C62H58ClN17O4S. The maximum atomic E-state index is 6.51. The fourth-order valence-corrected chi connectivity index (χ4v) is 12.0. The molecule has 3 N–H and O–H groups in total. The summed E-state index contributed by atoms with van der Waals surface area (Å²) in [4.78, 5) is 45.5. The highest BCUT2D eigenvalue weighted by atomic mass is 35.5. The minimum absolute atomic E-state index is 0.468. The molecule has 3 fully saturated rings. The molecule has 0 bridgehead atoms. The number of pyridine rings is 8. The molecule has 0 saturated carbocycles. The Morgan fingerprint density at radius 2 is 0.929 bits per heavy atom. The number of nitrogens with one attached hydrogen (secondary N) is 3. The topological polar surface area (TPSA) is 236 Å². The molecule has 0 aromatic carbocycles. The first-order chi connectivity index (χ1) is 41.9. The van der Waals surface area contributed by atoms with Gasteiger partial charge in [0.15, 0.2) is 0 Å². The second-order valence-corrected chi connectivity index (χ2v) is 21.6. The number of ether oxygens (including phenoxy) is 4. The van der Waals surface area contributed by atoms with E-state index in [4.69, 9.17) is 45.5 Å². The highest BCUT2D eigenvalue weighted by molar-refractivity contribution is 7.13. The second kappa shape index (κ2) is 24.9. The zero-order valence-corrected chi connectivity index (χ0v) is 48.4. The van der Waals surface area contributed by atoms with Gasteiger partial charge in [0, 0.05) is 138 Å². The van der Waals surface area contributed by atoms with Gasteiger partial charge in [-0.2, -0.15) is 15.3 Å². The van der Waals surface area contributed by atoms with Crippen LogP contribution in [-0.2, 0) is 14.2 Å². The predicted octanol–water partition coefficient (Wildman–Crippen LogP) is 10.7. The molecule has 0 unspecified atom stereocenters. The fraction of sp³-hybridized carbons (Fsp3) is 0.242. The first kappa shape index (κ1) is 54.9. The van der Waals surface area contributed by atoms with E-state index >= 15 is 0 Å². The van der Waals surface area contributed by atoms with Crippen molar-refractivity contribution in [1.29, 1.82) is 0 Å². The Hall–Kier alpha value is -9.32. The quantitative estimate of drug-likeness (QED) is 0.108. The van der Waals surface area contributed by atoms with E-state index in [2.05, 4.69) is 119 Å². The molecule has 12 aromatic heterocycles. The summed E-state index contributed by atoms with van der Waals surface area (Å²) in [5.74, 6) is 3.50. The number of morpholine rings is 3. The largest absolute Gasteiger partial charge is 0.496 e. The summed E-state index contributed by atoms with van der Waals surface area (Å²) in [6.07, 6.45) is 15.9. The van der Waals surface area contributed by atoms with Crippen LogP contribution in [-0.4, -0.2) is 156 Å². The highest BCUT2D eigenvalue weighted by Gasteiger charge is 2.24. The van der Waals surface area contributed by atoms with Crippen molar-refractivity contribution in [2.75, 3.05) is 101 Å². The van der Waals surface area contributed by atoms with Crippen LogP contribution in [0.1, 0.15) is 11.1 Å². The van der Waals surface area contributed by atoms with Crippen molar-refractivity contribution in [3.63, 3.8) is 0 Å². The van der Waals surface area contributed by atoms with E-state index in [1.165, 1.54) is 16.0 Å². The van der Waals surface area contributed by atoms with Crippen molar-refractivity contribution >= 4 is 73.1 Å². The summed E-state index contributed by atoms with van der Waals surface area (Å²) in [6.45, 7) is 13.2. The van der Waals surface area contributed by atoms with Crippen LogP contribution >= 0.6 is 22.9 Å². The zero-order chi connectivity index (χ0) is 57.6. The average Bonchev–Trinajstić information content (AvgIpc) is 2.30. The van der Waals surface area contributed by atoms with Gasteiger partial charge in [-0.1, -0.05) is 11.6 Å². The Morgan fingerprint density at radius 3 is 1.35 bits per heavy atom. The third kappa shape index (κ3) is 11.4. The molecule has 0 amide bonds. The predicted molar refractivity (Wildman–Crippen MR) is 331 cm³/mol. The molecule has 15 rings (SSSR count). The number of methoxy groups -OCH3 is 1. The van der Waals surface area contributed by atoms with Gasteiger partial charge in [-0.25, -0.2) is 19.9 Å². The van der Waals surface area contributed by atoms with Crippen LogP contribution < -0.4 is 19.4 Å². The third-order valence-electron chi connectivity index (χ3n) is 15.1. The molecule has 23 heteroatoms. The van der Waals surface area contributed by atoms with Crippen LogP contribution in [0.4, 0.5) is 17.5 Å². The number of hydrogen-bond acceptors (Lipinski definition) is 19. The second-order valence-electron chi connectivity index (χ2n) is 20.3. The van der Waals surface area contributed by atoms with Crippen molar-refractivity contribution in [2.24, 2.45) is 0 Å². The molecule has 3 aliphatic heterocycles. The number of hydrogen-bond donors (Lipinski definition) is 3. The molecule has 3 saturated heterocycles. The molecule has 85 heavy (non-hydrogen) atoms. The van der Waals surface area contributed by atoms with Gasteiger partial charge < -0.3 is 33.6 Å². The molecule has 0 spiro atoms. The monoisotopic (exact) mass is 1170 g/mol. The highest BCUT2D eigenvalue weighted by Crippen LogP contribution is 2.42. The Kier molecular flexibility index (Phi) is 16.1. The lowest BCUT2D eigenvalue weighted by Gasteiger charge is -2.28. The molecule has 12 aromatic rings. The van der Waals surface area contributed by atoms with Crippen LogP contribution in [0.15, 0.2) is 134 Å². The smallest absolute Gasteiger partial charge is 0.136 e. The van der Waals surface area contributed by atoms with E-state index in [9.17, 15) is 0 Å². The standard InChI is InChI=1S/C21H19ClN6O.C21H20N6O2.C20H19N5OS/c1-13-10-16(21(22)24-12-13)15-11-18(28-6-8-29-9-7-28)26-19-14(15)2-4-23-20(19)17-3-5-25-27-17;1-28-18-4-5-22-13-16(18)15-12-19(27-8-10-29-11-9-27)25-20-14(15)2-6-23-21(20)17-3-7-24-26-17;1-13-4-11-27-20(13)15-12-17(25-7-9-26-10-8-25)23-18-14(15)2-5-21-19(18)16-3-6-22-24-16/h2-5,10-12H,6-9H2,1H3,(H,25,27);2-7,12-13H,8-11H2,1H3,(H,24,26);2-6,11-12H,7-10H2,1H3,(H,22,24). The van der Waals surface area contributed by atoms with Crippen LogP contribution in [0.25, 0.3) is 99.6 Å². The van der Waals surface area contributed by atoms with E-state index < -0.39 is 0 Å². The maximum Gasteiger partial charge on any atom is 0.136 e. The van der Waals surface area contributed by atoms with Gasteiger partial charge in [-0.05, 0) is 109 Å². The number of anilines is 3. The van der Waals surface area contributed by atoms with Crippen molar-refractivity contribution in [3.05, 3.63) is 150 Å². The summed E-state index contributed by atoms with van der Waals surface area (Å²) in [5.41, 5.74) is 14.7. The van der Waals surface area contributed by atoms with Crippen LogP contribution in [0.2, 0.25) is 5.15 Å². The number of halogens is 1. The molecule has 15 heterocycles. The number of aromatic nitrogens is 14. The van der Waals surface area contributed by atoms with Gasteiger partial charge in [0.2, 0.25) is 0 Å². The minimum Gasteiger partial charge on any atom is -0.496 e. The molecular weight excluding hydrogens is 1110 g/mol. The maximum absolute atomic E-state index is 6.51. The molecule has 3 aliphatic rings. The van der Waals surface area contributed by atoms with Gasteiger partial charge in [-0.3, -0.25) is 35.2 Å². The van der Waals surface area contributed by atoms with Crippen molar-refractivity contribution in [3.8, 4) is 72.6 Å². The summed E-state index contributed by atoms with van der Waals surface area (Å²) in [6, 6.07) is 24.2. The van der Waals surface area contributed by atoms with Crippen molar-refractivity contribution < 1.29 is 18.9 Å². The summed E-state index contributed by atoms with van der Waals surface area (Å²) >= 11 is 8.28. The van der Waals surface area contributed by atoms with Gasteiger partial charge in [0.25, 0.3) is 0 Å². The van der Waals surface area contributed by atoms with Crippen LogP contribution in [0, 0.1) is 13.8 Å². The lowest BCUT2D eigenvalue weighted by atomic mass is 10.0. The van der Waals surface area contributed by atoms with E-state index in [-0.39, 0.29) is 0 Å². The number of H-pyrrole nitrogens is 3. The Balaban J connectivity index is 0.000000119. The fourth-order valence-electron chi connectivity index (χ4n) is 10.8. The SMILES string of the molecule is COc1ccncc1-c1cc(N2CCOCC2)nc2c(-c3ccn[nH]3)nccc12.Cc1ccsc1-c1cc(N2CCOCC2)nc2c(-c3ccn[nH]3)nccc12.Cc1cnc(Cl)c(-c2cc(N3CCOCC3)nc3c(-c4ccn[nH]4)nccc23)c1. The van der Waals surface area contributed by atoms with Gasteiger partial charge in [0.1, 0.15) is 62.0 Å². The Bertz CT molecular complexity index is 4260. The zero-order valence-electron chi connectivity index (χ0n) is 46.9. The number of rotatable bonds is 10. The Labute approximate surface area is 497 Å². The number of aryl methyl sites for hydroxylation is 2. The summed E-state index contributed by atoms with van der Waals surface area (Å²) < 4.78 is 22.2. The normalized spacial score (nSPS) is 14.5. The molecule has 0 atom stereocenters. The van der Waals surface area contributed by atoms with Crippen LogP contribution in [0.3, 0.4) is 0 Å². The third-order valence-corrected chi connectivity index (χ3v) is 16.4. The lowest BCUT2D eigenvalue weighted by molar-refractivity contribution is 0.122. The first-order valence-corrected chi connectivity index (χ1v) is 29.1. The van der Waals surface area contributed by atoms with Gasteiger partial charge in [-0.15, -0.1) is 11.3 Å². The number of fused-ring (bicyclic) bond motifs is 3. The van der Waals surface area contributed by atoms with Gasteiger partial charge in [0.05, 0.1) is 63.8 Å². The summed E-state index contributed by atoms with van der Waals surface area (Å²) in [5, 5.41) is 26.9. The number of aromatic amines is 3. The van der Waals surface area contributed by atoms with Crippen LogP contribution in [0.5, 0.6) is 5.75 Å². The van der Waals surface area contributed by atoms with Crippen molar-refractivity contribution in [1.82, 2.24) is 70.5 Å². The van der Waals surface area contributed by atoms with E-state index in [0.717, 1.165) is 170 Å². The average molecular weight is 1170 g/mol. The lowest BCUT2D eigenvalue weighted by Crippen LogP contribution is -2.36. The Morgan fingerprint density at radius 1 is 0.482 bits per heavy atom. The first-order valence-electron chi connectivity index (χ1n) is 27.9. The molecule has 0 aliphatic carbocycles. The van der Waals surface area contributed by atoms with Crippen molar-refractivity contribution in [2.45, 2.75) is 13.8 Å². The number of thiophene rings is 1. The van der Waals surface area contributed by atoms with E-state index in [1.807, 2.05) is 55.7 Å². The van der Waals surface area contributed by atoms with E-state index in [1.54, 1.807) is 61.8 Å².